The zero-order valence-corrected chi connectivity index (χ0v) is 16.4. The highest BCUT2D eigenvalue weighted by atomic mass is 32.2. The van der Waals surface area contributed by atoms with Crippen molar-refractivity contribution in [3.05, 3.63) is 34.3 Å². The van der Waals surface area contributed by atoms with Crippen LogP contribution in [0.25, 0.3) is 10.2 Å². The van der Waals surface area contributed by atoms with E-state index in [-0.39, 0.29) is 10.8 Å². The average molecular weight is 409 g/mol. The number of fused-ring (bicyclic) bond motifs is 1. The van der Waals surface area contributed by atoms with E-state index in [1.54, 1.807) is 30.6 Å². The van der Waals surface area contributed by atoms with Gasteiger partial charge in [-0.2, -0.15) is 4.31 Å². The van der Waals surface area contributed by atoms with Crippen molar-refractivity contribution < 1.29 is 13.2 Å². The van der Waals surface area contributed by atoms with Gasteiger partial charge in [-0.25, -0.2) is 18.4 Å². The molecule has 136 valence electrons. The van der Waals surface area contributed by atoms with Gasteiger partial charge in [0.05, 0.1) is 26.3 Å². The molecule has 0 atom stereocenters. The molecule has 7 nitrogen and oxygen atoms in total. The number of carbonyl (C=O) groups is 1. The summed E-state index contributed by atoms with van der Waals surface area (Å²) >= 11 is 2.53. The minimum Gasteiger partial charge on any atom is -0.297 e. The fourth-order valence-electron chi connectivity index (χ4n) is 2.87. The quantitative estimate of drug-likeness (QED) is 0.716. The standard InChI is InChI=1S/C16H16N4O3S3/c1-10-14(24-9-17-10)15(21)19-16-18-12-5-4-11(8-13(12)25-16)26(22,23)20-6-2-3-7-20/h4-5,8-9H,2-3,6-7H2,1H3,(H,18,19,21). The number of nitrogens with zero attached hydrogens (tertiary/aromatic N) is 3. The molecular weight excluding hydrogens is 392 g/mol. The van der Waals surface area contributed by atoms with Crippen molar-refractivity contribution in [3.63, 3.8) is 0 Å². The highest BCUT2D eigenvalue weighted by molar-refractivity contribution is 7.89. The Bertz CT molecular complexity index is 1080. The molecule has 1 N–H and O–H groups in total. The van der Waals surface area contributed by atoms with Crippen molar-refractivity contribution in [3.8, 4) is 0 Å². The second-order valence-electron chi connectivity index (χ2n) is 5.98. The first-order valence-corrected chi connectivity index (χ1v) is 11.2. The predicted molar refractivity (Wildman–Crippen MR) is 102 cm³/mol. The molecule has 0 radical (unpaired) electrons. The fourth-order valence-corrected chi connectivity index (χ4v) is 6.09. The number of nitrogens with one attached hydrogen (secondary N) is 1. The Balaban J connectivity index is 1.62. The molecule has 26 heavy (non-hydrogen) atoms. The highest BCUT2D eigenvalue weighted by Crippen LogP contribution is 2.30. The first-order valence-electron chi connectivity index (χ1n) is 8.07. The Morgan fingerprint density at radius 1 is 1.27 bits per heavy atom. The number of aryl methyl sites for hydroxylation is 1. The third kappa shape index (κ3) is 3.13. The summed E-state index contributed by atoms with van der Waals surface area (Å²) in [5, 5.41) is 3.21. The van der Waals surface area contributed by atoms with E-state index in [1.807, 2.05) is 0 Å². The maximum atomic E-state index is 12.7. The van der Waals surface area contributed by atoms with Crippen LogP contribution < -0.4 is 5.32 Å². The van der Waals surface area contributed by atoms with E-state index in [9.17, 15) is 13.2 Å². The van der Waals surface area contributed by atoms with Crippen LogP contribution in [0.3, 0.4) is 0 Å². The zero-order chi connectivity index (χ0) is 18.3. The third-order valence-electron chi connectivity index (χ3n) is 4.23. The summed E-state index contributed by atoms with van der Waals surface area (Å²) in [5.74, 6) is -0.256. The molecule has 0 bridgehead atoms. The Morgan fingerprint density at radius 2 is 2.04 bits per heavy atom. The van der Waals surface area contributed by atoms with Gasteiger partial charge in [0, 0.05) is 13.1 Å². The molecule has 2 aromatic heterocycles. The van der Waals surface area contributed by atoms with E-state index in [1.165, 1.54) is 27.0 Å². The number of thiazole rings is 2. The van der Waals surface area contributed by atoms with E-state index >= 15 is 0 Å². The van der Waals surface area contributed by atoms with Crippen molar-refractivity contribution in [1.82, 2.24) is 14.3 Å². The van der Waals surface area contributed by atoms with Crippen LogP contribution in [0.4, 0.5) is 5.13 Å². The van der Waals surface area contributed by atoms with Crippen LogP contribution in [0, 0.1) is 6.92 Å². The van der Waals surface area contributed by atoms with Gasteiger partial charge in [0.15, 0.2) is 5.13 Å². The number of rotatable bonds is 4. The summed E-state index contributed by atoms with van der Waals surface area (Å²) in [6, 6.07) is 4.89. The average Bonchev–Trinajstić information content (AvgIpc) is 3.34. The molecule has 0 saturated carbocycles. The molecule has 1 amide bonds. The number of benzene rings is 1. The van der Waals surface area contributed by atoms with Crippen molar-refractivity contribution in [2.24, 2.45) is 0 Å². The van der Waals surface area contributed by atoms with E-state index in [2.05, 4.69) is 15.3 Å². The van der Waals surface area contributed by atoms with Crippen LogP contribution in [-0.2, 0) is 10.0 Å². The van der Waals surface area contributed by atoms with Crippen LogP contribution in [0.15, 0.2) is 28.6 Å². The molecule has 3 aromatic rings. The van der Waals surface area contributed by atoms with Gasteiger partial charge in [-0.3, -0.25) is 10.1 Å². The maximum absolute atomic E-state index is 12.7. The third-order valence-corrected chi connectivity index (χ3v) is 7.99. The molecule has 1 aromatic carbocycles. The first kappa shape index (κ1) is 17.5. The number of anilines is 1. The van der Waals surface area contributed by atoms with Gasteiger partial charge < -0.3 is 0 Å². The van der Waals surface area contributed by atoms with Gasteiger partial charge in [-0.15, -0.1) is 11.3 Å². The Hall–Kier alpha value is -1.88. The lowest BCUT2D eigenvalue weighted by atomic mass is 10.3. The molecule has 1 saturated heterocycles. The van der Waals surface area contributed by atoms with Crippen molar-refractivity contribution in [2.75, 3.05) is 18.4 Å². The lowest BCUT2D eigenvalue weighted by molar-refractivity contribution is 0.103. The summed E-state index contributed by atoms with van der Waals surface area (Å²) in [5.41, 5.74) is 2.96. The molecule has 1 aliphatic heterocycles. The van der Waals surface area contributed by atoms with E-state index < -0.39 is 10.0 Å². The molecule has 0 aliphatic carbocycles. The number of amides is 1. The second-order valence-corrected chi connectivity index (χ2v) is 9.80. The molecule has 0 spiro atoms. The molecular formula is C16H16N4O3S3. The van der Waals surface area contributed by atoms with E-state index in [0.717, 1.165) is 17.5 Å². The molecule has 3 heterocycles. The van der Waals surface area contributed by atoms with E-state index in [0.29, 0.717) is 34.3 Å². The van der Waals surface area contributed by atoms with Gasteiger partial charge >= 0.3 is 0 Å². The van der Waals surface area contributed by atoms with Gasteiger partial charge in [0.25, 0.3) is 5.91 Å². The van der Waals surface area contributed by atoms with Gasteiger partial charge in [-0.1, -0.05) is 11.3 Å². The summed E-state index contributed by atoms with van der Waals surface area (Å²) < 4.78 is 27.6. The van der Waals surface area contributed by atoms with Crippen LogP contribution in [-0.4, -0.2) is 41.7 Å². The monoisotopic (exact) mass is 408 g/mol. The van der Waals surface area contributed by atoms with Crippen LogP contribution in [0.2, 0.25) is 0 Å². The first-order chi connectivity index (χ1) is 12.4. The summed E-state index contributed by atoms with van der Waals surface area (Å²) in [6.07, 6.45) is 1.80. The minimum absolute atomic E-state index is 0.256. The van der Waals surface area contributed by atoms with E-state index in [4.69, 9.17) is 0 Å². The lowest BCUT2D eigenvalue weighted by Gasteiger charge is -2.15. The molecule has 1 aliphatic rings. The number of hydrogen-bond donors (Lipinski definition) is 1. The summed E-state index contributed by atoms with van der Waals surface area (Å²) in [6.45, 7) is 2.91. The van der Waals surface area contributed by atoms with Gasteiger partial charge in [-0.05, 0) is 38.0 Å². The zero-order valence-electron chi connectivity index (χ0n) is 13.9. The lowest BCUT2D eigenvalue weighted by Crippen LogP contribution is -2.27. The summed E-state index contributed by atoms with van der Waals surface area (Å²) in [7, 11) is -3.47. The van der Waals surface area contributed by atoms with Crippen LogP contribution in [0.5, 0.6) is 0 Å². The Labute approximate surface area is 158 Å². The van der Waals surface area contributed by atoms with Crippen LogP contribution >= 0.6 is 22.7 Å². The SMILES string of the molecule is Cc1ncsc1C(=O)Nc1nc2ccc(S(=O)(=O)N3CCCC3)cc2s1. The minimum atomic E-state index is -3.47. The molecule has 4 rings (SSSR count). The maximum Gasteiger partial charge on any atom is 0.269 e. The van der Waals surface area contributed by atoms with Gasteiger partial charge in [0.1, 0.15) is 4.88 Å². The normalized spacial score (nSPS) is 15.6. The van der Waals surface area contributed by atoms with Gasteiger partial charge in [0.2, 0.25) is 10.0 Å². The fraction of sp³-hybridized carbons (Fsp3) is 0.312. The largest absolute Gasteiger partial charge is 0.297 e. The topological polar surface area (TPSA) is 92.3 Å². The molecule has 0 unspecified atom stereocenters. The second kappa shape index (κ2) is 6.69. The summed E-state index contributed by atoms with van der Waals surface area (Å²) in [4.78, 5) is 21.6. The predicted octanol–water partition coefficient (Wildman–Crippen LogP) is 3.10. The molecule has 10 heteroatoms. The highest BCUT2D eigenvalue weighted by Gasteiger charge is 2.27. The van der Waals surface area contributed by atoms with Crippen molar-refractivity contribution in [1.29, 1.82) is 0 Å². The number of carbonyl (C=O) groups excluding carboxylic acids is 1. The van der Waals surface area contributed by atoms with Crippen molar-refractivity contribution >= 4 is 54.0 Å². The molecule has 1 fully saturated rings. The van der Waals surface area contributed by atoms with Crippen molar-refractivity contribution in [2.45, 2.75) is 24.7 Å². The Kier molecular flexibility index (Phi) is 4.51. The number of sulfonamides is 1. The van der Waals surface area contributed by atoms with Crippen LogP contribution in [0.1, 0.15) is 28.2 Å². The Morgan fingerprint density at radius 3 is 2.73 bits per heavy atom. The smallest absolute Gasteiger partial charge is 0.269 e. The number of aromatic nitrogens is 2. The number of hydrogen-bond acceptors (Lipinski definition) is 7.